The number of nitrogens with one attached hydrogen (secondary N) is 1. The van der Waals surface area contributed by atoms with E-state index in [1.165, 1.54) is 23.0 Å². The van der Waals surface area contributed by atoms with E-state index in [1.54, 1.807) is 31.2 Å². The van der Waals surface area contributed by atoms with Crippen molar-refractivity contribution < 1.29 is 15.0 Å². The van der Waals surface area contributed by atoms with Crippen LogP contribution in [0.25, 0.3) is 10.8 Å². The normalized spacial score (nSPS) is 11.1. The van der Waals surface area contributed by atoms with Gasteiger partial charge < -0.3 is 10.2 Å². The molecule has 0 saturated heterocycles. The fourth-order valence-electron chi connectivity index (χ4n) is 2.47. The van der Waals surface area contributed by atoms with Crippen molar-refractivity contribution in [3.63, 3.8) is 0 Å². The van der Waals surface area contributed by atoms with E-state index < -0.39 is 5.91 Å². The standard InChI is InChI=1S/C18H16N4O4/c1-2-22-18(26)14-6-4-3-5-13(14)16(21-22)17(25)20-19-10-11-7-8-12(23)9-15(11)24/h3-10,23-24H,2H2,1H3,(H,20,25)/b19-10+. The third-order valence-corrected chi connectivity index (χ3v) is 3.77. The summed E-state index contributed by atoms with van der Waals surface area (Å²) in [7, 11) is 0. The third kappa shape index (κ3) is 3.25. The predicted molar refractivity (Wildman–Crippen MR) is 96.5 cm³/mol. The van der Waals surface area contributed by atoms with Crippen LogP contribution in [-0.2, 0) is 6.54 Å². The Kier molecular flexibility index (Phi) is 4.66. The number of aromatic hydroxyl groups is 2. The molecule has 132 valence electrons. The number of fused-ring (bicyclic) bond motifs is 1. The Morgan fingerprint density at radius 1 is 1.23 bits per heavy atom. The average Bonchev–Trinajstić information content (AvgIpc) is 2.64. The molecular weight excluding hydrogens is 336 g/mol. The van der Waals surface area contributed by atoms with Crippen LogP contribution in [0.15, 0.2) is 52.4 Å². The summed E-state index contributed by atoms with van der Waals surface area (Å²) in [6.45, 7) is 2.09. The van der Waals surface area contributed by atoms with Crippen molar-refractivity contribution in [3.05, 3.63) is 64.1 Å². The summed E-state index contributed by atoms with van der Waals surface area (Å²) < 4.78 is 1.22. The number of phenolic OH excluding ortho intramolecular Hbond substituents is 2. The van der Waals surface area contributed by atoms with Crippen molar-refractivity contribution in [2.45, 2.75) is 13.5 Å². The van der Waals surface area contributed by atoms with Gasteiger partial charge in [0.2, 0.25) is 0 Å². The number of carbonyl (C=O) groups is 1. The second kappa shape index (κ2) is 7.06. The highest BCUT2D eigenvalue weighted by molar-refractivity contribution is 6.05. The molecule has 0 unspecified atom stereocenters. The van der Waals surface area contributed by atoms with E-state index in [4.69, 9.17) is 0 Å². The highest BCUT2D eigenvalue weighted by Gasteiger charge is 2.15. The molecule has 26 heavy (non-hydrogen) atoms. The summed E-state index contributed by atoms with van der Waals surface area (Å²) in [5.74, 6) is -0.842. The van der Waals surface area contributed by atoms with E-state index in [0.717, 1.165) is 6.07 Å². The van der Waals surface area contributed by atoms with Gasteiger partial charge in [-0.2, -0.15) is 10.2 Å². The third-order valence-electron chi connectivity index (χ3n) is 3.77. The number of phenols is 2. The summed E-state index contributed by atoms with van der Waals surface area (Å²) in [5.41, 5.74) is 2.46. The summed E-state index contributed by atoms with van der Waals surface area (Å²) in [5, 5.41) is 27.7. The van der Waals surface area contributed by atoms with Gasteiger partial charge >= 0.3 is 0 Å². The second-order valence-electron chi connectivity index (χ2n) is 5.46. The largest absolute Gasteiger partial charge is 0.508 e. The first-order chi connectivity index (χ1) is 12.5. The van der Waals surface area contributed by atoms with E-state index >= 15 is 0 Å². The van der Waals surface area contributed by atoms with Gasteiger partial charge in [-0.3, -0.25) is 9.59 Å². The van der Waals surface area contributed by atoms with E-state index in [-0.39, 0.29) is 22.8 Å². The molecule has 0 aliphatic carbocycles. The van der Waals surface area contributed by atoms with E-state index in [9.17, 15) is 19.8 Å². The molecule has 0 aliphatic rings. The lowest BCUT2D eigenvalue weighted by atomic mass is 10.1. The molecule has 1 heterocycles. The Morgan fingerprint density at radius 2 is 1.96 bits per heavy atom. The molecule has 0 radical (unpaired) electrons. The lowest BCUT2D eigenvalue weighted by Crippen LogP contribution is -2.28. The lowest BCUT2D eigenvalue weighted by Gasteiger charge is -2.08. The van der Waals surface area contributed by atoms with Crippen molar-refractivity contribution in [3.8, 4) is 11.5 Å². The van der Waals surface area contributed by atoms with Gasteiger partial charge in [0.1, 0.15) is 11.5 Å². The molecule has 0 bridgehead atoms. The molecule has 1 aromatic heterocycles. The molecule has 2 aromatic carbocycles. The van der Waals surface area contributed by atoms with Gasteiger partial charge in [-0.05, 0) is 25.1 Å². The Hall–Kier alpha value is -3.68. The van der Waals surface area contributed by atoms with Gasteiger partial charge in [0.15, 0.2) is 5.69 Å². The molecule has 0 saturated carbocycles. The van der Waals surface area contributed by atoms with Crippen LogP contribution >= 0.6 is 0 Å². The van der Waals surface area contributed by atoms with Gasteiger partial charge in [0.05, 0.1) is 11.6 Å². The van der Waals surface area contributed by atoms with Gasteiger partial charge in [0.25, 0.3) is 11.5 Å². The first-order valence-electron chi connectivity index (χ1n) is 7.86. The maximum absolute atomic E-state index is 12.5. The first-order valence-corrected chi connectivity index (χ1v) is 7.86. The van der Waals surface area contributed by atoms with E-state index in [1.807, 2.05) is 0 Å². The van der Waals surface area contributed by atoms with Crippen LogP contribution < -0.4 is 11.0 Å². The summed E-state index contributed by atoms with van der Waals surface area (Å²) in [6.07, 6.45) is 1.24. The average molecular weight is 352 g/mol. The van der Waals surface area contributed by atoms with Crippen LogP contribution in [0.4, 0.5) is 0 Å². The number of hydrogen-bond donors (Lipinski definition) is 3. The van der Waals surface area contributed by atoms with Gasteiger partial charge in [-0.25, -0.2) is 10.1 Å². The van der Waals surface area contributed by atoms with Crippen molar-refractivity contribution in [1.82, 2.24) is 15.2 Å². The van der Waals surface area contributed by atoms with Crippen molar-refractivity contribution in [2.75, 3.05) is 0 Å². The molecule has 0 atom stereocenters. The van der Waals surface area contributed by atoms with E-state index in [2.05, 4.69) is 15.6 Å². The highest BCUT2D eigenvalue weighted by atomic mass is 16.3. The SMILES string of the molecule is CCn1nc(C(=O)N/N=C/c2ccc(O)cc2O)c2ccccc2c1=O. The smallest absolute Gasteiger partial charge is 0.292 e. The van der Waals surface area contributed by atoms with Crippen molar-refractivity contribution in [1.29, 1.82) is 0 Å². The molecule has 8 heteroatoms. The van der Waals surface area contributed by atoms with Crippen LogP contribution in [0.1, 0.15) is 23.0 Å². The minimum Gasteiger partial charge on any atom is -0.508 e. The number of aryl methyl sites for hydroxylation is 1. The Bertz CT molecular complexity index is 1070. The van der Waals surface area contributed by atoms with Gasteiger partial charge in [0, 0.05) is 23.6 Å². The monoisotopic (exact) mass is 352 g/mol. The quantitative estimate of drug-likeness (QED) is 0.487. The minimum atomic E-state index is -0.585. The first kappa shape index (κ1) is 17.2. The fourth-order valence-corrected chi connectivity index (χ4v) is 2.47. The van der Waals surface area contributed by atoms with Crippen LogP contribution in [0.2, 0.25) is 0 Å². The number of hydrogen-bond acceptors (Lipinski definition) is 6. The van der Waals surface area contributed by atoms with E-state index in [0.29, 0.717) is 22.9 Å². The summed E-state index contributed by atoms with van der Waals surface area (Å²) in [4.78, 5) is 24.8. The number of carbonyl (C=O) groups excluding carboxylic acids is 1. The topological polar surface area (TPSA) is 117 Å². The Morgan fingerprint density at radius 3 is 2.65 bits per heavy atom. The minimum absolute atomic E-state index is 0.0779. The van der Waals surface area contributed by atoms with Gasteiger partial charge in [-0.1, -0.05) is 18.2 Å². The second-order valence-corrected chi connectivity index (χ2v) is 5.46. The van der Waals surface area contributed by atoms with Crippen LogP contribution in [0.5, 0.6) is 11.5 Å². The summed E-state index contributed by atoms with van der Waals surface area (Å²) >= 11 is 0. The molecule has 3 aromatic rings. The van der Waals surface area contributed by atoms with Crippen LogP contribution in [0.3, 0.4) is 0 Å². The zero-order valence-corrected chi connectivity index (χ0v) is 13.9. The van der Waals surface area contributed by atoms with Crippen LogP contribution in [-0.4, -0.2) is 32.1 Å². The highest BCUT2D eigenvalue weighted by Crippen LogP contribution is 2.20. The fraction of sp³-hybridized carbons (Fsp3) is 0.111. The molecule has 3 N–H and O–H groups in total. The number of nitrogens with zero attached hydrogens (tertiary/aromatic N) is 3. The number of benzene rings is 2. The molecule has 8 nitrogen and oxygen atoms in total. The maximum atomic E-state index is 12.5. The molecule has 0 spiro atoms. The number of hydrazone groups is 1. The predicted octanol–water partition coefficient (Wildman–Crippen LogP) is 1.59. The van der Waals surface area contributed by atoms with Crippen LogP contribution in [0, 0.1) is 0 Å². The molecule has 0 fully saturated rings. The Labute approximate surface area is 148 Å². The number of amides is 1. The molecular formula is C18H16N4O4. The summed E-state index contributed by atoms with van der Waals surface area (Å²) in [6, 6.07) is 10.7. The molecule has 3 rings (SSSR count). The molecule has 1 amide bonds. The Balaban J connectivity index is 1.92. The zero-order chi connectivity index (χ0) is 18.7. The number of aromatic nitrogens is 2. The lowest BCUT2D eigenvalue weighted by molar-refractivity contribution is 0.0949. The zero-order valence-electron chi connectivity index (χ0n) is 13.9. The number of rotatable bonds is 4. The van der Waals surface area contributed by atoms with Gasteiger partial charge in [-0.15, -0.1) is 0 Å². The van der Waals surface area contributed by atoms with Crippen molar-refractivity contribution in [2.24, 2.45) is 5.10 Å². The molecule has 0 aliphatic heterocycles. The van der Waals surface area contributed by atoms with Crippen molar-refractivity contribution >= 4 is 22.9 Å². The maximum Gasteiger partial charge on any atom is 0.292 e.